The van der Waals surface area contributed by atoms with Crippen LogP contribution in [0.5, 0.6) is 0 Å². The van der Waals surface area contributed by atoms with E-state index in [9.17, 15) is 4.79 Å². The van der Waals surface area contributed by atoms with Crippen molar-refractivity contribution < 1.29 is 9.53 Å². The van der Waals surface area contributed by atoms with Gasteiger partial charge in [0, 0.05) is 13.1 Å². The third kappa shape index (κ3) is 2.15. The highest BCUT2D eigenvalue weighted by atomic mass is 16.5. The standard InChI is InChI=1S/C9H14N4O2/c1-6-4-13(5-7(2)15-6)9(14)8-3-10-12-11-8/h3,6-7H,4-5H2,1-2H3,(H,10,11,12)/t6-,7+. The minimum Gasteiger partial charge on any atom is -0.372 e. The van der Waals surface area contributed by atoms with Crippen molar-refractivity contribution in [3.05, 3.63) is 11.9 Å². The number of amides is 1. The molecule has 1 aromatic heterocycles. The molecule has 15 heavy (non-hydrogen) atoms. The second-order valence-corrected chi connectivity index (χ2v) is 3.82. The van der Waals surface area contributed by atoms with Crippen molar-refractivity contribution in [2.75, 3.05) is 13.1 Å². The van der Waals surface area contributed by atoms with Crippen LogP contribution in [0.25, 0.3) is 0 Å². The van der Waals surface area contributed by atoms with E-state index in [4.69, 9.17) is 4.74 Å². The zero-order valence-electron chi connectivity index (χ0n) is 8.80. The number of nitrogens with one attached hydrogen (secondary N) is 1. The predicted octanol–water partition coefficient (Wildman–Crippen LogP) is 0.0541. The van der Waals surface area contributed by atoms with E-state index in [2.05, 4.69) is 15.4 Å². The molecule has 0 aromatic carbocycles. The van der Waals surface area contributed by atoms with Crippen LogP contribution < -0.4 is 0 Å². The van der Waals surface area contributed by atoms with Gasteiger partial charge in [-0.3, -0.25) is 4.79 Å². The highest BCUT2D eigenvalue weighted by Crippen LogP contribution is 2.12. The minimum absolute atomic E-state index is 0.0737. The van der Waals surface area contributed by atoms with Gasteiger partial charge in [-0.1, -0.05) is 0 Å². The number of hydrogen-bond acceptors (Lipinski definition) is 4. The van der Waals surface area contributed by atoms with Crippen LogP contribution in [-0.4, -0.2) is 51.5 Å². The van der Waals surface area contributed by atoms with E-state index in [-0.39, 0.29) is 18.1 Å². The molecular formula is C9H14N4O2. The van der Waals surface area contributed by atoms with E-state index in [1.165, 1.54) is 6.20 Å². The molecular weight excluding hydrogens is 196 g/mol. The molecule has 1 fully saturated rings. The first-order valence-electron chi connectivity index (χ1n) is 4.97. The van der Waals surface area contributed by atoms with E-state index in [0.717, 1.165) is 0 Å². The third-order valence-electron chi connectivity index (χ3n) is 2.34. The van der Waals surface area contributed by atoms with Gasteiger partial charge in [0.15, 0.2) is 5.69 Å². The van der Waals surface area contributed by atoms with E-state index in [1.54, 1.807) is 4.90 Å². The molecule has 0 bridgehead atoms. The van der Waals surface area contributed by atoms with Crippen LogP contribution in [0.1, 0.15) is 24.3 Å². The molecule has 1 amide bonds. The average molecular weight is 210 g/mol. The number of aromatic nitrogens is 3. The molecule has 0 unspecified atom stereocenters. The van der Waals surface area contributed by atoms with Crippen molar-refractivity contribution in [3.8, 4) is 0 Å². The smallest absolute Gasteiger partial charge is 0.276 e. The lowest BCUT2D eigenvalue weighted by molar-refractivity contribution is -0.0587. The van der Waals surface area contributed by atoms with Gasteiger partial charge in [-0.25, -0.2) is 0 Å². The number of H-pyrrole nitrogens is 1. The Hall–Kier alpha value is -1.43. The first-order valence-corrected chi connectivity index (χ1v) is 4.97. The molecule has 0 spiro atoms. The van der Waals surface area contributed by atoms with Gasteiger partial charge in [0.05, 0.1) is 18.4 Å². The maximum atomic E-state index is 11.9. The number of nitrogens with zero attached hydrogens (tertiary/aromatic N) is 3. The Kier molecular flexibility index (Phi) is 2.68. The highest BCUT2D eigenvalue weighted by molar-refractivity contribution is 5.91. The Morgan fingerprint density at radius 2 is 2.20 bits per heavy atom. The van der Waals surface area contributed by atoms with Crippen LogP contribution in [0.4, 0.5) is 0 Å². The van der Waals surface area contributed by atoms with E-state index in [0.29, 0.717) is 18.8 Å². The molecule has 2 atom stereocenters. The van der Waals surface area contributed by atoms with Gasteiger partial charge in [0.25, 0.3) is 5.91 Å². The molecule has 0 radical (unpaired) electrons. The fraction of sp³-hybridized carbons (Fsp3) is 0.667. The summed E-state index contributed by atoms with van der Waals surface area (Å²) in [5.41, 5.74) is 0.358. The molecule has 1 saturated heterocycles. The Balaban J connectivity index is 2.07. The SMILES string of the molecule is C[C@@H]1CN(C(=O)c2cn[nH]n2)C[C@H](C)O1. The maximum Gasteiger partial charge on any atom is 0.276 e. The minimum atomic E-state index is -0.0919. The number of ether oxygens (including phenoxy) is 1. The second-order valence-electron chi connectivity index (χ2n) is 3.82. The molecule has 1 aromatic rings. The van der Waals surface area contributed by atoms with Gasteiger partial charge < -0.3 is 9.64 Å². The molecule has 0 aliphatic carbocycles. The molecule has 1 N–H and O–H groups in total. The van der Waals surface area contributed by atoms with Crippen LogP contribution in [0.3, 0.4) is 0 Å². The molecule has 2 heterocycles. The third-order valence-corrected chi connectivity index (χ3v) is 2.34. The number of morpholine rings is 1. The summed E-state index contributed by atoms with van der Waals surface area (Å²) in [6, 6.07) is 0. The van der Waals surface area contributed by atoms with E-state index in [1.807, 2.05) is 13.8 Å². The van der Waals surface area contributed by atoms with Crippen molar-refractivity contribution in [1.29, 1.82) is 0 Å². The number of rotatable bonds is 1. The predicted molar refractivity (Wildman–Crippen MR) is 52.3 cm³/mol. The first-order chi connectivity index (χ1) is 7.16. The number of carbonyl (C=O) groups is 1. The Morgan fingerprint density at radius 1 is 1.53 bits per heavy atom. The molecule has 82 valence electrons. The van der Waals surface area contributed by atoms with E-state index >= 15 is 0 Å². The summed E-state index contributed by atoms with van der Waals surface area (Å²) in [5.74, 6) is -0.0919. The lowest BCUT2D eigenvalue weighted by atomic mass is 10.2. The number of hydrogen-bond donors (Lipinski definition) is 1. The molecule has 6 heteroatoms. The summed E-state index contributed by atoms with van der Waals surface area (Å²) in [4.78, 5) is 13.6. The van der Waals surface area contributed by atoms with Crippen molar-refractivity contribution in [2.45, 2.75) is 26.1 Å². The number of aromatic amines is 1. The largest absolute Gasteiger partial charge is 0.372 e. The molecule has 6 nitrogen and oxygen atoms in total. The lowest BCUT2D eigenvalue weighted by Crippen LogP contribution is -2.48. The van der Waals surface area contributed by atoms with Gasteiger partial charge >= 0.3 is 0 Å². The van der Waals surface area contributed by atoms with Gasteiger partial charge in [-0.05, 0) is 13.8 Å². The molecule has 1 aliphatic rings. The van der Waals surface area contributed by atoms with E-state index < -0.39 is 0 Å². The fourth-order valence-corrected chi connectivity index (χ4v) is 1.81. The summed E-state index contributed by atoms with van der Waals surface area (Å²) < 4.78 is 5.55. The van der Waals surface area contributed by atoms with Gasteiger partial charge in [0.2, 0.25) is 0 Å². The lowest BCUT2D eigenvalue weighted by Gasteiger charge is -2.34. The summed E-state index contributed by atoms with van der Waals surface area (Å²) in [5, 5.41) is 9.83. The van der Waals surface area contributed by atoms with Crippen LogP contribution in [0, 0.1) is 0 Å². The van der Waals surface area contributed by atoms with Crippen LogP contribution in [0.15, 0.2) is 6.20 Å². The zero-order chi connectivity index (χ0) is 10.8. The zero-order valence-corrected chi connectivity index (χ0v) is 8.80. The van der Waals surface area contributed by atoms with Crippen LogP contribution in [-0.2, 0) is 4.74 Å². The summed E-state index contributed by atoms with van der Waals surface area (Å²) in [6.07, 6.45) is 1.59. The summed E-state index contributed by atoms with van der Waals surface area (Å²) in [6.45, 7) is 5.13. The quantitative estimate of drug-likeness (QED) is 0.711. The van der Waals surface area contributed by atoms with Crippen molar-refractivity contribution in [3.63, 3.8) is 0 Å². The molecule has 1 aliphatic heterocycles. The topological polar surface area (TPSA) is 71.1 Å². The Morgan fingerprint density at radius 3 is 2.73 bits per heavy atom. The van der Waals surface area contributed by atoms with Crippen molar-refractivity contribution >= 4 is 5.91 Å². The second kappa shape index (κ2) is 3.98. The molecule has 2 rings (SSSR count). The normalized spacial score (nSPS) is 26.7. The Labute approximate surface area is 87.6 Å². The highest BCUT2D eigenvalue weighted by Gasteiger charge is 2.27. The summed E-state index contributed by atoms with van der Waals surface area (Å²) >= 11 is 0. The van der Waals surface area contributed by atoms with Gasteiger partial charge in [-0.2, -0.15) is 15.4 Å². The Bertz CT molecular complexity index is 328. The van der Waals surface area contributed by atoms with Crippen LogP contribution >= 0.6 is 0 Å². The summed E-state index contributed by atoms with van der Waals surface area (Å²) in [7, 11) is 0. The maximum absolute atomic E-state index is 11.9. The van der Waals surface area contributed by atoms with Gasteiger partial charge in [0.1, 0.15) is 0 Å². The average Bonchev–Trinajstić information content (AvgIpc) is 2.67. The van der Waals surface area contributed by atoms with Crippen LogP contribution in [0.2, 0.25) is 0 Å². The monoisotopic (exact) mass is 210 g/mol. The van der Waals surface area contributed by atoms with Gasteiger partial charge in [-0.15, -0.1) is 0 Å². The van der Waals surface area contributed by atoms with Crippen molar-refractivity contribution in [2.24, 2.45) is 0 Å². The first kappa shape index (κ1) is 10.1. The molecule has 0 saturated carbocycles. The number of carbonyl (C=O) groups excluding carboxylic acids is 1. The van der Waals surface area contributed by atoms with Crippen molar-refractivity contribution in [1.82, 2.24) is 20.3 Å². The fourth-order valence-electron chi connectivity index (χ4n) is 1.81.